The topological polar surface area (TPSA) is 37.4 Å². The number of rotatable bonds is 6. The fraction of sp³-hybridized carbons (Fsp3) is 0.538. The monoisotopic (exact) mass is 307 g/mol. The van der Waals surface area contributed by atoms with E-state index in [9.17, 15) is 21.6 Å². The van der Waals surface area contributed by atoms with Gasteiger partial charge in [-0.2, -0.15) is 4.31 Å². The van der Waals surface area contributed by atoms with Gasteiger partial charge in [-0.3, -0.25) is 0 Å². The Morgan fingerprint density at radius 2 is 1.75 bits per heavy atom. The molecule has 0 aromatic heterocycles. The van der Waals surface area contributed by atoms with Crippen LogP contribution in [0.3, 0.4) is 0 Å². The SMILES string of the molecule is CCCN(CC1CC1)S(=O)(=O)c1cc(F)c(F)cc1F. The average molecular weight is 307 g/mol. The van der Waals surface area contributed by atoms with E-state index in [0.717, 1.165) is 17.1 Å². The molecule has 1 aliphatic rings. The average Bonchev–Trinajstić information content (AvgIpc) is 3.17. The predicted octanol–water partition coefficient (Wildman–Crippen LogP) is 2.91. The van der Waals surface area contributed by atoms with Gasteiger partial charge in [-0.05, 0) is 31.2 Å². The lowest BCUT2D eigenvalue weighted by atomic mass is 10.3. The van der Waals surface area contributed by atoms with Crippen molar-refractivity contribution in [1.29, 1.82) is 0 Å². The zero-order valence-corrected chi connectivity index (χ0v) is 11.9. The molecule has 0 heterocycles. The quantitative estimate of drug-likeness (QED) is 0.758. The highest BCUT2D eigenvalue weighted by Crippen LogP contribution is 2.32. The van der Waals surface area contributed by atoms with Crippen molar-refractivity contribution in [2.45, 2.75) is 31.1 Å². The minimum Gasteiger partial charge on any atom is -0.207 e. The molecule has 1 aromatic rings. The number of halogens is 3. The molecule has 1 aromatic carbocycles. The maximum absolute atomic E-state index is 13.7. The highest BCUT2D eigenvalue weighted by atomic mass is 32.2. The molecule has 0 bridgehead atoms. The van der Waals surface area contributed by atoms with E-state index in [-0.39, 0.29) is 18.5 Å². The second-order valence-corrected chi connectivity index (χ2v) is 6.91. The maximum Gasteiger partial charge on any atom is 0.246 e. The molecule has 7 heteroatoms. The van der Waals surface area contributed by atoms with Gasteiger partial charge in [-0.25, -0.2) is 21.6 Å². The van der Waals surface area contributed by atoms with Crippen LogP contribution in [0.5, 0.6) is 0 Å². The third kappa shape index (κ3) is 3.15. The molecular weight excluding hydrogens is 291 g/mol. The summed E-state index contributed by atoms with van der Waals surface area (Å²) in [6.07, 6.45) is 2.45. The molecule has 0 amide bonds. The number of sulfonamides is 1. The molecule has 0 atom stereocenters. The Kier molecular flexibility index (Phi) is 4.39. The van der Waals surface area contributed by atoms with Gasteiger partial charge in [0.15, 0.2) is 11.6 Å². The number of nitrogens with zero attached hydrogens (tertiary/aromatic N) is 1. The van der Waals surface area contributed by atoms with Crippen LogP contribution in [0.25, 0.3) is 0 Å². The van der Waals surface area contributed by atoms with Crippen LogP contribution in [-0.2, 0) is 10.0 Å². The zero-order chi connectivity index (χ0) is 14.9. The van der Waals surface area contributed by atoms with Gasteiger partial charge in [-0.15, -0.1) is 0 Å². The summed E-state index contributed by atoms with van der Waals surface area (Å²) < 4.78 is 65.6. The molecule has 112 valence electrons. The summed E-state index contributed by atoms with van der Waals surface area (Å²) in [6, 6.07) is 0.680. The standard InChI is InChI=1S/C13H16F3NO2S/c1-2-5-17(8-9-3-4-9)20(18,19)13-7-11(15)10(14)6-12(13)16/h6-7,9H,2-5,8H2,1H3. The van der Waals surface area contributed by atoms with Crippen LogP contribution in [0.2, 0.25) is 0 Å². The minimum atomic E-state index is -4.14. The van der Waals surface area contributed by atoms with Crippen molar-refractivity contribution in [1.82, 2.24) is 4.31 Å². The molecule has 1 aliphatic carbocycles. The number of hydrogen-bond donors (Lipinski definition) is 0. The number of benzene rings is 1. The van der Waals surface area contributed by atoms with Gasteiger partial charge in [0.05, 0.1) is 0 Å². The summed E-state index contributed by atoms with van der Waals surface area (Å²) in [7, 11) is -4.14. The Morgan fingerprint density at radius 3 is 2.30 bits per heavy atom. The fourth-order valence-corrected chi connectivity index (χ4v) is 3.65. The molecule has 1 fully saturated rings. The Bertz CT molecular complexity index is 600. The van der Waals surface area contributed by atoms with E-state index in [0.29, 0.717) is 19.0 Å². The zero-order valence-electron chi connectivity index (χ0n) is 11.1. The van der Waals surface area contributed by atoms with Crippen LogP contribution in [0.15, 0.2) is 17.0 Å². The van der Waals surface area contributed by atoms with Crippen molar-refractivity contribution in [3.8, 4) is 0 Å². The van der Waals surface area contributed by atoms with Crippen molar-refractivity contribution in [2.75, 3.05) is 13.1 Å². The van der Waals surface area contributed by atoms with Crippen LogP contribution in [0.1, 0.15) is 26.2 Å². The van der Waals surface area contributed by atoms with E-state index in [4.69, 9.17) is 0 Å². The lowest BCUT2D eigenvalue weighted by Gasteiger charge is -2.21. The first-order valence-electron chi connectivity index (χ1n) is 6.51. The molecular formula is C13H16F3NO2S. The van der Waals surface area contributed by atoms with E-state index in [1.54, 1.807) is 6.92 Å². The van der Waals surface area contributed by atoms with Crippen LogP contribution < -0.4 is 0 Å². The molecule has 0 spiro atoms. The smallest absolute Gasteiger partial charge is 0.207 e. The Hall–Kier alpha value is -1.08. The summed E-state index contributed by atoms with van der Waals surface area (Å²) in [5, 5.41) is 0. The summed E-state index contributed by atoms with van der Waals surface area (Å²) in [4.78, 5) is -0.800. The maximum atomic E-state index is 13.7. The van der Waals surface area contributed by atoms with Crippen molar-refractivity contribution < 1.29 is 21.6 Å². The first-order chi connectivity index (χ1) is 9.36. The van der Waals surface area contributed by atoms with Crippen LogP contribution in [0, 0.1) is 23.4 Å². The normalized spacial score (nSPS) is 15.8. The molecule has 0 aliphatic heterocycles. The fourth-order valence-electron chi connectivity index (χ4n) is 1.99. The molecule has 2 rings (SSSR count). The van der Waals surface area contributed by atoms with Crippen molar-refractivity contribution in [3.63, 3.8) is 0 Å². The van der Waals surface area contributed by atoms with Crippen LogP contribution in [0.4, 0.5) is 13.2 Å². The number of hydrogen-bond acceptors (Lipinski definition) is 2. The highest BCUT2D eigenvalue weighted by molar-refractivity contribution is 7.89. The first-order valence-corrected chi connectivity index (χ1v) is 7.95. The van der Waals surface area contributed by atoms with Gasteiger partial charge >= 0.3 is 0 Å². The lowest BCUT2D eigenvalue weighted by molar-refractivity contribution is 0.391. The molecule has 0 N–H and O–H groups in total. The molecule has 0 saturated heterocycles. The first kappa shape index (κ1) is 15.3. The molecule has 0 radical (unpaired) electrons. The predicted molar refractivity (Wildman–Crippen MR) is 68.1 cm³/mol. The second-order valence-electron chi connectivity index (χ2n) is 5.00. The van der Waals surface area contributed by atoms with Crippen molar-refractivity contribution in [3.05, 3.63) is 29.6 Å². The van der Waals surface area contributed by atoms with E-state index in [2.05, 4.69) is 0 Å². The highest BCUT2D eigenvalue weighted by Gasteiger charge is 2.33. The second kappa shape index (κ2) is 5.73. The summed E-state index contributed by atoms with van der Waals surface area (Å²) in [5.41, 5.74) is 0. The van der Waals surface area contributed by atoms with Crippen molar-refractivity contribution in [2.24, 2.45) is 5.92 Å². The van der Waals surface area contributed by atoms with E-state index in [1.807, 2.05) is 0 Å². The Labute approximate surface area is 116 Å². The van der Waals surface area contributed by atoms with Gasteiger partial charge < -0.3 is 0 Å². The van der Waals surface area contributed by atoms with Gasteiger partial charge in [-0.1, -0.05) is 6.92 Å². The molecule has 20 heavy (non-hydrogen) atoms. The largest absolute Gasteiger partial charge is 0.246 e. The molecule has 3 nitrogen and oxygen atoms in total. The molecule has 0 unspecified atom stereocenters. The van der Waals surface area contributed by atoms with Crippen LogP contribution >= 0.6 is 0 Å². The third-order valence-electron chi connectivity index (χ3n) is 3.22. The van der Waals surface area contributed by atoms with E-state index in [1.165, 1.54) is 0 Å². The van der Waals surface area contributed by atoms with Gasteiger partial charge in [0, 0.05) is 19.2 Å². The Morgan fingerprint density at radius 1 is 1.15 bits per heavy atom. The van der Waals surface area contributed by atoms with E-state index < -0.39 is 32.4 Å². The van der Waals surface area contributed by atoms with Gasteiger partial charge in [0.2, 0.25) is 10.0 Å². The van der Waals surface area contributed by atoms with E-state index >= 15 is 0 Å². The lowest BCUT2D eigenvalue weighted by Crippen LogP contribution is -2.34. The van der Waals surface area contributed by atoms with Gasteiger partial charge in [0.25, 0.3) is 0 Å². The summed E-state index contributed by atoms with van der Waals surface area (Å²) >= 11 is 0. The van der Waals surface area contributed by atoms with Crippen molar-refractivity contribution >= 4 is 10.0 Å². The molecule has 1 saturated carbocycles. The minimum absolute atomic E-state index is 0.233. The third-order valence-corrected chi connectivity index (χ3v) is 5.10. The summed E-state index contributed by atoms with van der Waals surface area (Å²) in [5.74, 6) is -3.75. The Balaban J connectivity index is 2.38. The van der Waals surface area contributed by atoms with Crippen LogP contribution in [-0.4, -0.2) is 25.8 Å². The van der Waals surface area contributed by atoms with Gasteiger partial charge in [0.1, 0.15) is 10.7 Å². The summed E-state index contributed by atoms with van der Waals surface area (Å²) in [6.45, 7) is 2.34.